The van der Waals surface area contributed by atoms with Crippen LogP contribution in [0.25, 0.3) is 0 Å². The van der Waals surface area contributed by atoms with Crippen LogP contribution >= 0.6 is 0 Å². The van der Waals surface area contributed by atoms with Gasteiger partial charge in [0.25, 0.3) is 0 Å². The van der Waals surface area contributed by atoms with Gasteiger partial charge in [0.15, 0.2) is 0 Å². The second kappa shape index (κ2) is 3.71. The molecule has 0 aromatic heterocycles. The Morgan fingerprint density at radius 1 is 1.53 bits per heavy atom. The number of alkyl halides is 3. The van der Waals surface area contributed by atoms with E-state index in [0.29, 0.717) is 12.8 Å². The minimum Gasteiger partial charge on any atom is -0.458 e. The van der Waals surface area contributed by atoms with Crippen LogP contribution in [-0.4, -0.2) is 36.7 Å². The Morgan fingerprint density at radius 2 is 2.16 bits per heavy atom. The van der Waals surface area contributed by atoms with Crippen molar-refractivity contribution in [2.45, 2.75) is 38.1 Å². The molecule has 1 aliphatic heterocycles. The first-order chi connectivity index (χ1) is 8.78. The zero-order chi connectivity index (χ0) is 14.0. The summed E-state index contributed by atoms with van der Waals surface area (Å²) in [4.78, 5) is 22.7. The van der Waals surface area contributed by atoms with E-state index in [4.69, 9.17) is 4.74 Å². The van der Waals surface area contributed by atoms with Crippen molar-refractivity contribution in [2.24, 2.45) is 17.3 Å². The highest BCUT2D eigenvalue weighted by molar-refractivity contribution is 5.92. The molecule has 0 aromatic rings. The molecule has 1 saturated heterocycles. The highest BCUT2D eigenvalue weighted by Gasteiger charge is 2.77. The van der Waals surface area contributed by atoms with Crippen LogP contribution in [0.3, 0.4) is 0 Å². The summed E-state index contributed by atoms with van der Waals surface area (Å²) in [5.41, 5.74) is -0.906. The first kappa shape index (κ1) is 12.9. The number of hydrogen-bond acceptors (Lipinski definition) is 4. The molecule has 0 N–H and O–H groups in total. The van der Waals surface area contributed by atoms with Gasteiger partial charge >= 0.3 is 12.1 Å². The SMILES string of the molecule is C[C@H]1O[C@H]1[C@@H]1[C@H]2CCC(=O)[C@@]12COC(=O)C(F)(F)F. The number of fused-ring (bicyclic) bond motifs is 1. The molecule has 5 atom stereocenters. The van der Waals surface area contributed by atoms with Crippen molar-refractivity contribution < 1.29 is 32.2 Å². The lowest BCUT2D eigenvalue weighted by Gasteiger charge is -2.14. The van der Waals surface area contributed by atoms with Gasteiger partial charge in [-0.3, -0.25) is 4.79 Å². The van der Waals surface area contributed by atoms with Gasteiger partial charge < -0.3 is 9.47 Å². The van der Waals surface area contributed by atoms with Crippen LogP contribution in [0.4, 0.5) is 13.2 Å². The first-order valence-corrected chi connectivity index (χ1v) is 6.21. The predicted molar refractivity (Wildman–Crippen MR) is 55.0 cm³/mol. The van der Waals surface area contributed by atoms with E-state index in [1.807, 2.05) is 6.92 Å². The summed E-state index contributed by atoms with van der Waals surface area (Å²) in [6.07, 6.45) is -4.04. The molecule has 1 heterocycles. The predicted octanol–water partition coefficient (Wildman–Crippen LogP) is 1.47. The third-order valence-corrected chi connectivity index (χ3v) is 4.57. The molecule has 0 radical (unpaired) electrons. The third-order valence-electron chi connectivity index (χ3n) is 4.57. The standard InChI is InChI=1S/C12H13F3O4/c1-5-9(19-5)8-6-2-3-7(16)11(6,8)4-18-10(17)12(13,14)15/h5-6,8-9H,2-4H2,1H3/t5-,6-,8+,9-,11+/m1/s1. The molecule has 3 fully saturated rings. The fraction of sp³-hybridized carbons (Fsp3) is 0.833. The molecule has 0 spiro atoms. The molecule has 3 rings (SSSR count). The van der Waals surface area contributed by atoms with Gasteiger partial charge in [0, 0.05) is 12.3 Å². The fourth-order valence-corrected chi connectivity index (χ4v) is 3.55. The molecule has 19 heavy (non-hydrogen) atoms. The highest BCUT2D eigenvalue weighted by atomic mass is 19.4. The summed E-state index contributed by atoms with van der Waals surface area (Å²) < 4.78 is 45.9. The summed E-state index contributed by atoms with van der Waals surface area (Å²) in [7, 11) is 0. The monoisotopic (exact) mass is 278 g/mol. The number of carbonyl (C=O) groups excluding carboxylic acids is 2. The van der Waals surface area contributed by atoms with Crippen molar-refractivity contribution in [3.8, 4) is 0 Å². The van der Waals surface area contributed by atoms with E-state index in [9.17, 15) is 22.8 Å². The van der Waals surface area contributed by atoms with Gasteiger partial charge in [0.2, 0.25) is 0 Å². The first-order valence-electron chi connectivity index (χ1n) is 6.21. The highest BCUT2D eigenvalue weighted by Crippen LogP contribution is 2.70. The Bertz CT molecular complexity index is 447. The van der Waals surface area contributed by atoms with Gasteiger partial charge in [0.1, 0.15) is 12.4 Å². The largest absolute Gasteiger partial charge is 0.490 e. The van der Waals surface area contributed by atoms with Crippen molar-refractivity contribution in [1.29, 1.82) is 0 Å². The average molecular weight is 278 g/mol. The van der Waals surface area contributed by atoms with E-state index in [1.165, 1.54) is 0 Å². The number of carbonyl (C=O) groups is 2. The van der Waals surface area contributed by atoms with E-state index in [0.717, 1.165) is 0 Å². The quantitative estimate of drug-likeness (QED) is 0.579. The Balaban J connectivity index is 1.68. The summed E-state index contributed by atoms with van der Waals surface area (Å²) in [5, 5.41) is 0. The van der Waals surface area contributed by atoms with E-state index in [2.05, 4.69) is 4.74 Å². The molecular formula is C12H13F3O4. The van der Waals surface area contributed by atoms with E-state index >= 15 is 0 Å². The smallest absolute Gasteiger partial charge is 0.458 e. The number of hydrogen-bond donors (Lipinski definition) is 0. The molecule has 7 heteroatoms. The van der Waals surface area contributed by atoms with Crippen LogP contribution in [0.5, 0.6) is 0 Å². The summed E-state index contributed by atoms with van der Waals surface area (Å²) in [5.74, 6) is -2.39. The lowest BCUT2D eigenvalue weighted by molar-refractivity contribution is -0.201. The molecule has 0 aromatic carbocycles. The van der Waals surface area contributed by atoms with Crippen molar-refractivity contribution in [2.75, 3.05) is 6.61 Å². The van der Waals surface area contributed by atoms with Gasteiger partial charge in [-0.1, -0.05) is 0 Å². The van der Waals surface area contributed by atoms with Crippen LogP contribution in [0.1, 0.15) is 19.8 Å². The number of ketones is 1. The maximum atomic E-state index is 12.1. The number of rotatable bonds is 3. The van der Waals surface area contributed by atoms with Crippen molar-refractivity contribution in [1.82, 2.24) is 0 Å². The molecule has 0 unspecified atom stereocenters. The van der Waals surface area contributed by atoms with Crippen molar-refractivity contribution in [3.63, 3.8) is 0 Å². The molecule has 3 aliphatic rings. The summed E-state index contributed by atoms with van der Waals surface area (Å²) in [6, 6.07) is 0. The summed E-state index contributed by atoms with van der Waals surface area (Å²) in [6.45, 7) is 1.39. The maximum absolute atomic E-state index is 12.1. The van der Waals surface area contributed by atoms with Crippen LogP contribution in [0.15, 0.2) is 0 Å². The van der Waals surface area contributed by atoms with Crippen molar-refractivity contribution >= 4 is 11.8 Å². The molecule has 2 aliphatic carbocycles. The second-order valence-electron chi connectivity index (χ2n) is 5.51. The molecule has 4 nitrogen and oxygen atoms in total. The van der Waals surface area contributed by atoms with Gasteiger partial charge in [-0.15, -0.1) is 0 Å². The minimum absolute atomic E-state index is 0.0102. The lowest BCUT2D eigenvalue weighted by Crippen LogP contribution is -2.31. The zero-order valence-electron chi connectivity index (χ0n) is 10.2. The average Bonchev–Trinajstić information content (AvgIpc) is 3.14. The topological polar surface area (TPSA) is 55.9 Å². The maximum Gasteiger partial charge on any atom is 0.490 e. The fourth-order valence-electron chi connectivity index (χ4n) is 3.55. The van der Waals surface area contributed by atoms with E-state index in [-0.39, 0.29) is 29.8 Å². The van der Waals surface area contributed by atoms with Crippen molar-refractivity contribution in [3.05, 3.63) is 0 Å². The number of epoxide rings is 1. The molecule has 2 saturated carbocycles. The van der Waals surface area contributed by atoms with E-state index < -0.39 is 24.2 Å². The number of Topliss-reactive ketones (excluding diaryl/α,β-unsaturated/α-hetero) is 1. The zero-order valence-corrected chi connectivity index (χ0v) is 10.2. The Hall–Kier alpha value is -1.11. The number of esters is 1. The lowest BCUT2D eigenvalue weighted by atomic mass is 9.96. The molecule has 0 bridgehead atoms. The van der Waals surface area contributed by atoms with Crippen LogP contribution < -0.4 is 0 Å². The van der Waals surface area contributed by atoms with Gasteiger partial charge in [0.05, 0.1) is 17.6 Å². The number of ether oxygens (including phenoxy) is 2. The Morgan fingerprint density at radius 3 is 2.68 bits per heavy atom. The normalized spacial score (nSPS) is 43.9. The molecule has 0 amide bonds. The Labute approximate surface area is 107 Å². The third kappa shape index (κ3) is 1.78. The number of halogens is 3. The summed E-state index contributed by atoms with van der Waals surface area (Å²) >= 11 is 0. The molecular weight excluding hydrogens is 265 g/mol. The minimum atomic E-state index is -5.01. The van der Waals surface area contributed by atoms with Gasteiger partial charge in [-0.2, -0.15) is 13.2 Å². The van der Waals surface area contributed by atoms with Gasteiger partial charge in [-0.25, -0.2) is 4.79 Å². The van der Waals surface area contributed by atoms with E-state index in [1.54, 1.807) is 0 Å². The molecule has 106 valence electrons. The second-order valence-corrected chi connectivity index (χ2v) is 5.51. The van der Waals surface area contributed by atoms with Gasteiger partial charge in [-0.05, 0) is 19.3 Å². The van der Waals surface area contributed by atoms with Crippen LogP contribution in [-0.2, 0) is 19.1 Å². The Kier molecular flexibility index (Phi) is 2.52. The van der Waals surface area contributed by atoms with Crippen LogP contribution in [0, 0.1) is 17.3 Å². The van der Waals surface area contributed by atoms with Crippen LogP contribution in [0.2, 0.25) is 0 Å².